The van der Waals surface area contributed by atoms with Gasteiger partial charge in [0.2, 0.25) is 5.91 Å². The van der Waals surface area contributed by atoms with Crippen molar-refractivity contribution in [1.29, 1.82) is 0 Å². The van der Waals surface area contributed by atoms with Crippen LogP contribution in [0.3, 0.4) is 0 Å². The van der Waals surface area contributed by atoms with Gasteiger partial charge in [-0.2, -0.15) is 0 Å². The van der Waals surface area contributed by atoms with E-state index >= 15 is 0 Å². The number of nitro groups is 1. The minimum absolute atomic E-state index is 0.0119. The first-order valence-electron chi connectivity index (χ1n) is 7.98. The molecule has 1 atom stereocenters. The summed E-state index contributed by atoms with van der Waals surface area (Å²) < 4.78 is 13.2. The van der Waals surface area contributed by atoms with Gasteiger partial charge in [0.15, 0.2) is 0 Å². The molecule has 0 aliphatic heterocycles. The fourth-order valence-corrected chi connectivity index (χ4v) is 3.96. The summed E-state index contributed by atoms with van der Waals surface area (Å²) >= 11 is 2.81. The molecular weight excluding hydrogens is 387 g/mol. The maximum Gasteiger partial charge on any atom is 0.269 e. The Morgan fingerprint density at radius 1 is 1.15 bits per heavy atom. The first kappa shape index (κ1) is 19.1. The largest absolute Gasteiger partial charge is 0.344 e. The average molecular weight is 402 g/mol. The van der Waals surface area contributed by atoms with E-state index in [1.54, 1.807) is 24.3 Å². The van der Waals surface area contributed by atoms with Crippen LogP contribution in [0.5, 0.6) is 0 Å². The van der Waals surface area contributed by atoms with E-state index in [4.69, 9.17) is 0 Å². The topological polar surface area (TPSA) is 72.2 Å². The molecule has 0 saturated heterocycles. The van der Waals surface area contributed by atoms with Gasteiger partial charge in [-0.1, -0.05) is 18.2 Å². The Morgan fingerprint density at radius 3 is 2.44 bits per heavy atom. The van der Waals surface area contributed by atoms with Crippen LogP contribution in [0.15, 0.2) is 70.9 Å². The summed E-state index contributed by atoms with van der Waals surface area (Å²) in [6, 6.07) is 15.6. The van der Waals surface area contributed by atoms with Crippen molar-refractivity contribution >= 4 is 34.7 Å². The molecule has 0 fully saturated rings. The lowest BCUT2D eigenvalue weighted by atomic mass is 10.1. The predicted octanol–water partition coefficient (Wildman–Crippen LogP) is 4.79. The second-order valence-electron chi connectivity index (χ2n) is 5.61. The average Bonchev–Trinajstić information content (AvgIpc) is 3.20. The third-order valence-electron chi connectivity index (χ3n) is 3.75. The van der Waals surface area contributed by atoms with Crippen LogP contribution in [-0.2, 0) is 4.79 Å². The number of non-ortho nitro benzene ring substituents is 1. The van der Waals surface area contributed by atoms with E-state index < -0.39 is 4.92 Å². The molecule has 1 aromatic heterocycles. The van der Waals surface area contributed by atoms with E-state index in [1.807, 2.05) is 17.5 Å². The zero-order valence-corrected chi connectivity index (χ0v) is 15.6. The van der Waals surface area contributed by atoms with E-state index in [-0.39, 0.29) is 29.2 Å². The van der Waals surface area contributed by atoms with Crippen molar-refractivity contribution in [3.63, 3.8) is 0 Å². The van der Waals surface area contributed by atoms with Crippen molar-refractivity contribution in [2.24, 2.45) is 0 Å². The summed E-state index contributed by atoms with van der Waals surface area (Å²) in [7, 11) is 0. The quantitative estimate of drug-likeness (QED) is 0.350. The highest BCUT2D eigenvalue weighted by atomic mass is 32.2. The Kier molecular flexibility index (Phi) is 6.20. The van der Waals surface area contributed by atoms with Gasteiger partial charge < -0.3 is 5.32 Å². The number of nitrogens with one attached hydrogen (secondary N) is 1. The summed E-state index contributed by atoms with van der Waals surface area (Å²) in [4.78, 5) is 24.4. The molecule has 0 radical (unpaired) electrons. The fourth-order valence-electron chi connectivity index (χ4n) is 2.45. The third kappa shape index (κ3) is 5.15. The van der Waals surface area contributed by atoms with Crippen molar-refractivity contribution in [2.45, 2.75) is 10.9 Å². The Bertz CT molecular complexity index is 913. The molecule has 0 saturated carbocycles. The van der Waals surface area contributed by atoms with Crippen LogP contribution in [0.4, 0.5) is 10.1 Å². The van der Waals surface area contributed by atoms with Gasteiger partial charge in [-0.25, -0.2) is 4.39 Å². The number of benzene rings is 2. The number of hydrogen-bond acceptors (Lipinski definition) is 5. The minimum atomic E-state index is -0.463. The monoisotopic (exact) mass is 402 g/mol. The number of nitrogens with zero attached hydrogens (tertiary/aromatic N) is 1. The molecule has 27 heavy (non-hydrogen) atoms. The standard InChI is InChI=1S/C19H15FN2O3S2/c20-14-5-3-13(4-6-14)19(17-2-1-11-26-17)21-18(23)12-27-16-9-7-15(8-10-16)22(24)25/h1-11,19H,12H2,(H,21,23)/t19-/m1/s1. The van der Waals surface area contributed by atoms with E-state index in [0.29, 0.717) is 0 Å². The lowest BCUT2D eigenvalue weighted by molar-refractivity contribution is -0.384. The second kappa shape index (κ2) is 8.79. The van der Waals surface area contributed by atoms with Crippen molar-refractivity contribution in [3.8, 4) is 0 Å². The van der Waals surface area contributed by atoms with E-state index in [9.17, 15) is 19.3 Å². The number of nitro benzene ring substituents is 1. The summed E-state index contributed by atoms with van der Waals surface area (Å²) in [5.74, 6) is -0.342. The highest BCUT2D eigenvalue weighted by Gasteiger charge is 2.18. The van der Waals surface area contributed by atoms with E-state index in [0.717, 1.165) is 15.3 Å². The lowest BCUT2D eigenvalue weighted by Crippen LogP contribution is -2.30. The smallest absolute Gasteiger partial charge is 0.269 e. The van der Waals surface area contributed by atoms with E-state index in [1.165, 1.54) is 47.4 Å². The summed E-state index contributed by atoms with van der Waals surface area (Å²) in [5, 5.41) is 15.6. The predicted molar refractivity (Wildman–Crippen MR) is 105 cm³/mol. The van der Waals surface area contributed by atoms with Gasteiger partial charge in [0.05, 0.1) is 16.7 Å². The van der Waals surface area contributed by atoms with Crippen LogP contribution in [0, 0.1) is 15.9 Å². The van der Waals surface area contributed by atoms with Gasteiger partial charge in [-0.3, -0.25) is 14.9 Å². The molecule has 2 aromatic carbocycles. The van der Waals surface area contributed by atoms with Gasteiger partial charge in [-0.05, 0) is 41.3 Å². The molecule has 3 aromatic rings. The Morgan fingerprint density at radius 2 is 1.85 bits per heavy atom. The Hall–Kier alpha value is -2.71. The number of carbonyl (C=O) groups is 1. The molecule has 5 nitrogen and oxygen atoms in total. The van der Waals surface area contributed by atoms with Crippen LogP contribution in [0.25, 0.3) is 0 Å². The Labute approximate surface area is 163 Å². The minimum Gasteiger partial charge on any atom is -0.344 e. The van der Waals surface area contributed by atoms with Gasteiger partial charge in [0.25, 0.3) is 5.69 Å². The summed E-state index contributed by atoms with van der Waals surface area (Å²) in [6.07, 6.45) is 0. The molecule has 1 heterocycles. The molecule has 0 bridgehead atoms. The molecule has 0 spiro atoms. The molecule has 1 N–H and O–H groups in total. The molecule has 3 rings (SSSR count). The van der Waals surface area contributed by atoms with Crippen molar-refractivity contribution < 1.29 is 14.1 Å². The number of amides is 1. The van der Waals surface area contributed by atoms with Crippen LogP contribution in [0.2, 0.25) is 0 Å². The zero-order valence-electron chi connectivity index (χ0n) is 14.0. The lowest BCUT2D eigenvalue weighted by Gasteiger charge is -2.18. The van der Waals surface area contributed by atoms with Gasteiger partial charge >= 0.3 is 0 Å². The van der Waals surface area contributed by atoms with Crippen LogP contribution in [0.1, 0.15) is 16.5 Å². The number of thioether (sulfide) groups is 1. The maximum absolute atomic E-state index is 13.2. The number of rotatable bonds is 7. The first-order valence-corrected chi connectivity index (χ1v) is 9.85. The first-order chi connectivity index (χ1) is 13.0. The molecule has 0 aliphatic carbocycles. The molecule has 0 aliphatic rings. The summed E-state index contributed by atoms with van der Waals surface area (Å²) in [5.41, 5.74) is 0.811. The third-order valence-corrected chi connectivity index (χ3v) is 5.70. The number of thiophene rings is 1. The number of hydrogen-bond donors (Lipinski definition) is 1. The fraction of sp³-hybridized carbons (Fsp3) is 0.105. The number of halogens is 1. The molecule has 8 heteroatoms. The van der Waals surface area contributed by atoms with Crippen molar-refractivity contribution in [2.75, 3.05) is 5.75 Å². The maximum atomic E-state index is 13.2. The van der Waals surface area contributed by atoms with Crippen LogP contribution >= 0.6 is 23.1 Å². The van der Waals surface area contributed by atoms with Crippen LogP contribution in [-0.4, -0.2) is 16.6 Å². The summed E-state index contributed by atoms with van der Waals surface area (Å²) in [6.45, 7) is 0. The Balaban J connectivity index is 1.66. The number of carbonyl (C=O) groups excluding carboxylic acids is 1. The second-order valence-corrected chi connectivity index (χ2v) is 7.64. The molecule has 0 unspecified atom stereocenters. The normalized spacial score (nSPS) is 11.7. The van der Waals surface area contributed by atoms with Crippen LogP contribution < -0.4 is 5.32 Å². The SMILES string of the molecule is O=C(CSc1ccc([N+](=O)[O-])cc1)N[C@H](c1ccc(F)cc1)c1cccs1. The van der Waals surface area contributed by atoms with Gasteiger partial charge in [0.1, 0.15) is 5.82 Å². The highest BCUT2D eigenvalue weighted by Crippen LogP contribution is 2.27. The van der Waals surface area contributed by atoms with Crippen molar-refractivity contribution in [3.05, 3.63) is 92.4 Å². The molecule has 1 amide bonds. The van der Waals surface area contributed by atoms with Crippen molar-refractivity contribution in [1.82, 2.24) is 5.32 Å². The van der Waals surface area contributed by atoms with Gasteiger partial charge in [0, 0.05) is 21.9 Å². The molecular formula is C19H15FN2O3S2. The zero-order chi connectivity index (χ0) is 19.2. The van der Waals surface area contributed by atoms with Gasteiger partial charge in [-0.15, -0.1) is 23.1 Å². The molecule has 138 valence electrons. The highest BCUT2D eigenvalue weighted by molar-refractivity contribution is 8.00. The van der Waals surface area contributed by atoms with E-state index in [2.05, 4.69) is 5.32 Å².